The summed E-state index contributed by atoms with van der Waals surface area (Å²) in [5.41, 5.74) is 1.05. The van der Waals surface area contributed by atoms with E-state index in [2.05, 4.69) is 18.2 Å². The van der Waals surface area contributed by atoms with Crippen molar-refractivity contribution in [2.45, 2.75) is 19.4 Å². The van der Waals surface area contributed by atoms with Crippen LogP contribution in [0.3, 0.4) is 0 Å². The Balaban J connectivity index is 2.75. The van der Waals surface area contributed by atoms with Crippen LogP contribution >= 0.6 is 11.6 Å². The van der Waals surface area contributed by atoms with Crippen molar-refractivity contribution in [1.82, 2.24) is 5.32 Å². The van der Waals surface area contributed by atoms with E-state index in [1.54, 1.807) is 0 Å². The van der Waals surface area contributed by atoms with Crippen LogP contribution in [-0.4, -0.2) is 6.54 Å². The summed E-state index contributed by atoms with van der Waals surface area (Å²) in [5, 5.41) is 3.99. The summed E-state index contributed by atoms with van der Waals surface area (Å²) in [5.74, 6) is 2.71. The lowest BCUT2D eigenvalue weighted by Gasteiger charge is -2.12. The van der Waals surface area contributed by atoms with E-state index in [0.717, 1.165) is 23.6 Å². The Bertz CT molecular complexity index is 327. The summed E-state index contributed by atoms with van der Waals surface area (Å²) in [6.07, 6.45) is 6.51. The van der Waals surface area contributed by atoms with Crippen molar-refractivity contribution in [2.24, 2.45) is 0 Å². The Labute approximate surface area is 90.5 Å². The van der Waals surface area contributed by atoms with Crippen molar-refractivity contribution < 1.29 is 0 Å². The summed E-state index contributed by atoms with van der Waals surface area (Å²) in [6.45, 7) is 3.03. The van der Waals surface area contributed by atoms with Gasteiger partial charge in [0.15, 0.2) is 0 Å². The number of terminal acetylenes is 1. The fourth-order valence-electron chi connectivity index (χ4n) is 1.25. The van der Waals surface area contributed by atoms with Crippen LogP contribution in [-0.2, 0) is 0 Å². The predicted octanol–water partition coefficient (Wildman–Crippen LogP) is 3.01. The molecule has 1 N–H and O–H groups in total. The number of nitrogens with one attached hydrogen (secondary N) is 1. The topological polar surface area (TPSA) is 12.0 Å². The highest BCUT2D eigenvalue weighted by Gasteiger charge is 2.06. The number of hydrogen-bond acceptors (Lipinski definition) is 1. The molecule has 0 radical (unpaired) electrons. The third-order valence-electron chi connectivity index (χ3n) is 1.95. The average molecular weight is 208 g/mol. The largest absolute Gasteiger partial charge is 0.300 e. The molecule has 0 aliphatic heterocycles. The maximum atomic E-state index is 5.88. The Morgan fingerprint density at radius 2 is 2.36 bits per heavy atom. The van der Waals surface area contributed by atoms with Gasteiger partial charge in [-0.2, -0.15) is 0 Å². The molecule has 74 valence electrons. The Morgan fingerprint density at radius 1 is 1.57 bits per heavy atom. The van der Waals surface area contributed by atoms with Crippen LogP contribution in [0.1, 0.15) is 24.9 Å². The molecule has 0 spiro atoms. The molecule has 14 heavy (non-hydrogen) atoms. The van der Waals surface area contributed by atoms with Gasteiger partial charge in [0.2, 0.25) is 0 Å². The van der Waals surface area contributed by atoms with Crippen LogP contribution in [0.15, 0.2) is 24.3 Å². The lowest BCUT2D eigenvalue weighted by Crippen LogP contribution is -2.20. The Hall–Kier alpha value is -0.970. The lowest BCUT2D eigenvalue weighted by molar-refractivity contribution is 0.626. The van der Waals surface area contributed by atoms with Gasteiger partial charge < -0.3 is 5.32 Å². The van der Waals surface area contributed by atoms with Crippen LogP contribution in [0.2, 0.25) is 5.02 Å². The molecule has 1 nitrogen and oxygen atoms in total. The zero-order valence-corrected chi connectivity index (χ0v) is 9.01. The van der Waals surface area contributed by atoms with Gasteiger partial charge in [-0.25, -0.2) is 0 Å². The van der Waals surface area contributed by atoms with Crippen LogP contribution in [0.5, 0.6) is 0 Å². The third-order valence-corrected chi connectivity index (χ3v) is 2.18. The van der Waals surface area contributed by atoms with E-state index in [0.29, 0.717) is 0 Å². The van der Waals surface area contributed by atoms with Gasteiger partial charge in [0.1, 0.15) is 0 Å². The predicted molar refractivity (Wildman–Crippen MR) is 61.3 cm³/mol. The van der Waals surface area contributed by atoms with Gasteiger partial charge in [-0.3, -0.25) is 0 Å². The van der Waals surface area contributed by atoms with E-state index in [-0.39, 0.29) is 6.04 Å². The molecular weight excluding hydrogens is 194 g/mol. The molecule has 1 rings (SSSR count). The number of halogens is 1. The summed E-state index contributed by atoms with van der Waals surface area (Å²) >= 11 is 5.88. The smallest absolute Gasteiger partial charge is 0.0943 e. The first kappa shape index (κ1) is 11.1. The van der Waals surface area contributed by atoms with E-state index in [9.17, 15) is 0 Å². The Morgan fingerprint density at radius 3 is 2.93 bits per heavy atom. The van der Waals surface area contributed by atoms with Crippen LogP contribution in [0.4, 0.5) is 0 Å². The highest BCUT2D eigenvalue weighted by molar-refractivity contribution is 6.30. The highest BCUT2D eigenvalue weighted by Crippen LogP contribution is 2.16. The first-order chi connectivity index (χ1) is 6.77. The highest BCUT2D eigenvalue weighted by atomic mass is 35.5. The van der Waals surface area contributed by atoms with E-state index in [1.807, 2.05) is 24.3 Å². The second kappa shape index (κ2) is 5.70. The van der Waals surface area contributed by atoms with Crippen LogP contribution in [0.25, 0.3) is 0 Å². The van der Waals surface area contributed by atoms with Gasteiger partial charge in [0, 0.05) is 5.02 Å². The zero-order chi connectivity index (χ0) is 10.4. The molecule has 1 aromatic rings. The SMILES string of the molecule is C#CC(NCCC)c1cccc(Cl)c1. The van der Waals surface area contributed by atoms with E-state index < -0.39 is 0 Å². The summed E-state index contributed by atoms with van der Waals surface area (Å²) < 4.78 is 0. The van der Waals surface area contributed by atoms with E-state index >= 15 is 0 Å². The monoisotopic (exact) mass is 207 g/mol. The molecule has 0 aromatic heterocycles. The lowest BCUT2D eigenvalue weighted by atomic mass is 10.1. The summed E-state index contributed by atoms with van der Waals surface area (Å²) in [6, 6.07) is 7.61. The van der Waals surface area contributed by atoms with Crippen molar-refractivity contribution >= 4 is 11.6 Å². The zero-order valence-electron chi connectivity index (χ0n) is 8.26. The van der Waals surface area contributed by atoms with Gasteiger partial charge in [-0.1, -0.05) is 36.6 Å². The fourth-order valence-corrected chi connectivity index (χ4v) is 1.45. The molecule has 0 saturated heterocycles. The fraction of sp³-hybridized carbons (Fsp3) is 0.333. The van der Waals surface area contributed by atoms with Gasteiger partial charge >= 0.3 is 0 Å². The standard InChI is InChI=1S/C12H14ClN/c1-3-8-14-12(4-2)10-6-5-7-11(13)9-10/h2,5-7,9,12,14H,3,8H2,1H3. The van der Waals surface area contributed by atoms with Crippen molar-refractivity contribution in [1.29, 1.82) is 0 Å². The quantitative estimate of drug-likeness (QED) is 0.749. The average Bonchev–Trinajstić information content (AvgIpc) is 2.19. The number of benzene rings is 1. The third kappa shape index (κ3) is 3.06. The van der Waals surface area contributed by atoms with Gasteiger partial charge in [0.25, 0.3) is 0 Å². The van der Waals surface area contributed by atoms with Crippen molar-refractivity contribution in [3.05, 3.63) is 34.9 Å². The maximum Gasteiger partial charge on any atom is 0.0943 e. The maximum absolute atomic E-state index is 5.88. The van der Waals surface area contributed by atoms with Gasteiger partial charge in [0.05, 0.1) is 6.04 Å². The Kier molecular flexibility index (Phi) is 4.52. The molecule has 0 aliphatic carbocycles. The molecule has 0 saturated carbocycles. The van der Waals surface area contributed by atoms with Gasteiger partial charge in [-0.15, -0.1) is 6.42 Å². The molecule has 2 heteroatoms. The minimum absolute atomic E-state index is 0.0337. The molecule has 0 aliphatic rings. The second-order valence-corrected chi connectivity index (χ2v) is 3.55. The summed E-state index contributed by atoms with van der Waals surface area (Å²) in [4.78, 5) is 0. The van der Waals surface area contributed by atoms with Gasteiger partial charge in [-0.05, 0) is 30.7 Å². The van der Waals surface area contributed by atoms with E-state index in [4.69, 9.17) is 18.0 Å². The molecule has 0 fully saturated rings. The van der Waals surface area contributed by atoms with Crippen LogP contribution in [0, 0.1) is 12.3 Å². The second-order valence-electron chi connectivity index (χ2n) is 3.11. The van der Waals surface area contributed by atoms with Crippen LogP contribution < -0.4 is 5.32 Å². The molecular formula is C12H14ClN. The number of rotatable bonds is 4. The number of hydrogen-bond donors (Lipinski definition) is 1. The minimum Gasteiger partial charge on any atom is -0.300 e. The van der Waals surface area contributed by atoms with Crippen molar-refractivity contribution in [3.8, 4) is 12.3 Å². The van der Waals surface area contributed by atoms with Crippen molar-refractivity contribution in [2.75, 3.05) is 6.54 Å². The molecule has 0 bridgehead atoms. The summed E-state index contributed by atoms with van der Waals surface area (Å²) in [7, 11) is 0. The molecule has 0 amide bonds. The van der Waals surface area contributed by atoms with E-state index in [1.165, 1.54) is 0 Å². The molecule has 1 unspecified atom stereocenters. The molecule has 1 atom stereocenters. The van der Waals surface area contributed by atoms with Crippen molar-refractivity contribution in [3.63, 3.8) is 0 Å². The first-order valence-corrected chi connectivity index (χ1v) is 5.10. The molecule has 1 aromatic carbocycles. The molecule has 0 heterocycles. The normalized spacial score (nSPS) is 12.1. The first-order valence-electron chi connectivity index (χ1n) is 4.73. The minimum atomic E-state index is -0.0337.